The van der Waals surface area contributed by atoms with E-state index in [2.05, 4.69) is 22.2 Å². The van der Waals surface area contributed by atoms with Crippen LogP contribution >= 0.6 is 11.6 Å². The first-order valence-electron chi connectivity index (χ1n) is 5.33. The Labute approximate surface area is 100 Å². The molecule has 0 aliphatic heterocycles. The van der Waals surface area contributed by atoms with E-state index < -0.39 is 0 Å². The van der Waals surface area contributed by atoms with Gasteiger partial charge in [-0.25, -0.2) is 4.98 Å². The Hall–Kier alpha value is -1.07. The fourth-order valence-electron chi connectivity index (χ4n) is 1.09. The summed E-state index contributed by atoms with van der Waals surface area (Å²) in [6.07, 6.45) is 3.70. The van der Waals surface area contributed by atoms with Gasteiger partial charge in [0.1, 0.15) is 5.02 Å². The zero-order chi connectivity index (χ0) is 11.8. The third-order valence-electron chi connectivity index (χ3n) is 1.94. The molecule has 0 aliphatic carbocycles. The predicted molar refractivity (Wildman–Crippen MR) is 65.7 cm³/mol. The van der Waals surface area contributed by atoms with Crippen molar-refractivity contribution in [3.8, 4) is 0 Å². The first kappa shape index (κ1) is 13.0. The van der Waals surface area contributed by atoms with Crippen molar-refractivity contribution in [1.82, 2.24) is 9.97 Å². The number of nitrogens with two attached hydrogens (primary N) is 1. The number of anilines is 2. The monoisotopic (exact) mass is 244 g/mol. The highest BCUT2D eigenvalue weighted by atomic mass is 35.5. The molecule has 1 aromatic rings. The highest BCUT2D eigenvalue weighted by Crippen LogP contribution is 2.17. The van der Waals surface area contributed by atoms with Crippen LogP contribution in [0.25, 0.3) is 0 Å². The molecule has 0 amide bonds. The van der Waals surface area contributed by atoms with Gasteiger partial charge >= 0.3 is 0 Å². The molecule has 3 N–H and O–H groups in total. The summed E-state index contributed by atoms with van der Waals surface area (Å²) in [5.74, 6) is 0.757. The zero-order valence-corrected chi connectivity index (χ0v) is 10.1. The van der Waals surface area contributed by atoms with Crippen LogP contribution in [0.15, 0.2) is 6.20 Å². The second kappa shape index (κ2) is 7.24. The van der Waals surface area contributed by atoms with E-state index in [9.17, 15) is 0 Å². The number of nitrogen functional groups attached to an aromatic ring is 1. The van der Waals surface area contributed by atoms with Crippen LogP contribution in [0.5, 0.6) is 0 Å². The molecule has 0 bridgehead atoms. The number of halogens is 1. The van der Waals surface area contributed by atoms with Crippen molar-refractivity contribution in [2.24, 2.45) is 0 Å². The molecular formula is C10H17ClN4O. The van der Waals surface area contributed by atoms with Crippen molar-refractivity contribution in [1.29, 1.82) is 0 Å². The molecule has 0 radical (unpaired) electrons. The molecule has 0 saturated carbocycles. The maximum Gasteiger partial charge on any atom is 0.222 e. The number of unbranched alkanes of at least 4 members (excludes halogenated alkanes) is 1. The average Bonchev–Trinajstić information content (AvgIpc) is 2.28. The van der Waals surface area contributed by atoms with Crippen molar-refractivity contribution < 1.29 is 4.74 Å². The summed E-state index contributed by atoms with van der Waals surface area (Å²) in [5, 5.41) is 3.50. The van der Waals surface area contributed by atoms with E-state index in [0.717, 1.165) is 19.4 Å². The smallest absolute Gasteiger partial charge is 0.222 e. The number of hydrogen-bond acceptors (Lipinski definition) is 5. The Morgan fingerprint density at radius 3 is 3.06 bits per heavy atom. The second-order valence-electron chi connectivity index (χ2n) is 3.32. The lowest BCUT2D eigenvalue weighted by Gasteiger charge is -2.07. The van der Waals surface area contributed by atoms with Gasteiger partial charge in [-0.2, -0.15) is 4.98 Å². The highest BCUT2D eigenvalue weighted by molar-refractivity contribution is 6.32. The largest absolute Gasteiger partial charge is 0.380 e. The molecular weight excluding hydrogens is 228 g/mol. The van der Waals surface area contributed by atoms with Crippen molar-refractivity contribution in [3.63, 3.8) is 0 Å². The van der Waals surface area contributed by atoms with E-state index in [1.54, 1.807) is 0 Å². The van der Waals surface area contributed by atoms with E-state index in [-0.39, 0.29) is 5.95 Å². The molecule has 0 saturated heterocycles. The molecule has 5 nitrogen and oxygen atoms in total. The molecule has 0 spiro atoms. The minimum Gasteiger partial charge on any atom is -0.380 e. The number of nitrogens with zero attached hydrogens (tertiary/aromatic N) is 2. The number of ether oxygens (including phenoxy) is 1. The Balaban J connectivity index is 2.23. The van der Waals surface area contributed by atoms with Gasteiger partial charge in [-0.15, -0.1) is 0 Å². The Bertz CT molecular complexity index is 322. The van der Waals surface area contributed by atoms with Crippen LogP contribution in [0.4, 0.5) is 11.8 Å². The quantitative estimate of drug-likeness (QED) is 0.717. The molecule has 6 heteroatoms. The fourth-order valence-corrected chi connectivity index (χ4v) is 1.25. The molecule has 1 heterocycles. The van der Waals surface area contributed by atoms with Gasteiger partial charge in [0, 0.05) is 13.2 Å². The van der Waals surface area contributed by atoms with Crippen LogP contribution in [-0.4, -0.2) is 29.7 Å². The minimum atomic E-state index is 0.207. The summed E-state index contributed by atoms with van der Waals surface area (Å²) in [6, 6.07) is 0. The van der Waals surface area contributed by atoms with Crippen LogP contribution in [0, 0.1) is 0 Å². The van der Waals surface area contributed by atoms with Crippen LogP contribution in [0.1, 0.15) is 19.8 Å². The standard InChI is InChI=1S/C10H17ClN4O/c1-2-3-5-16-6-4-13-9-8(11)7-14-10(12)15-9/h7H,2-6H2,1H3,(H3,12,13,14,15). The van der Waals surface area contributed by atoms with E-state index in [1.165, 1.54) is 6.20 Å². The third kappa shape index (κ3) is 4.63. The summed E-state index contributed by atoms with van der Waals surface area (Å²) in [6.45, 7) is 4.20. The van der Waals surface area contributed by atoms with E-state index in [4.69, 9.17) is 22.1 Å². The maximum absolute atomic E-state index is 5.87. The van der Waals surface area contributed by atoms with Gasteiger partial charge < -0.3 is 15.8 Å². The summed E-state index contributed by atoms with van der Waals surface area (Å²) in [5.41, 5.74) is 5.45. The summed E-state index contributed by atoms with van der Waals surface area (Å²) in [7, 11) is 0. The van der Waals surface area contributed by atoms with Crippen molar-refractivity contribution in [2.75, 3.05) is 30.8 Å². The maximum atomic E-state index is 5.87. The molecule has 0 aliphatic rings. The Kier molecular flexibility index (Phi) is 5.88. The second-order valence-corrected chi connectivity index (χ2v) is 3.72. The molecule has 0 atom stereocenters. The number of nitrogens with one attached hydrogen (secondary N) is 1. The molecule has 0 fully saturated rings. The Morgan fingerprint density at radius 2 is 2.31 bits per heavy atom. The molecule has 0 aromatic carbocycles. The summed E-state index contributed by atoms with van der Waals surface area (Å²) >= 11 is 5.87. The first-order chi connectivity index (χ1) is 7.74. The lowest BCUT2D eigenvalue weighted by Crippen LogP contribution is -2.12. The highest BCUT2D eigenvalue weighted by Gasteiger charge is 2.02. The van der Waals surface area contributed by atoms with E-state index in [1.807, 2.05) is 0 Å². The van der Waals surface area contributed by atoms with Crippen molar-refractivity contribution in [2.45, 2.75) is 19.8 Å². The minimum absolute atomic E-state index is 0.207. The molecule has 90 valence electrons. The average molecular weight is 245 g/mol. The number of hydrogen-bond donors (Lipinski definition) is 2. The van der Waals surface area contributed by atoms with Crippen LogP contribution in [-0.2, 0) is 4.74 Å². The van der Waals surface area contributed by atoms with Gasteiger partial charge in [-0.3, -0.25) is 0 Å². The van der Waals surface area contributed by atoms with Crippen LogP contribution < -0.4 is 11.1 Å². The summed E-state index contributed by atoms with van der Waals surface area (Å²) < 4.78 is 5.39. The number of aromatic nitrogens is 2. The third-order valence-corrected chi connectivity index (χ3v) is 2.22. The molecule has 16 heavy (non-hydrogen) atoms. The van der Waals surface area contributed by atoms with Gasteiger partial charge in [0.15, 0.2) is 5.82 Å². The normalized spacial score (nSPS) is 10.4. The van der Waals surface area contributed by atoms with Gasteiger partial charge in [0.25, 0.3) is 0 Å². The predicted octanol–water partition coefficient (Wildman–Crippen LogP) is 1.94. The first-order valence-corrected chi connectivity index (χ1v) is 5.71. The molecule has 1 aromatic heterocycles. The lowest BCUT2D eigenvalue weighted by molar-refractivity contribution is 0.141. The lowest BCUT2D eigenvalue weighted by atomic mass is 10.4. The fraction of sp³-hybridized carbons (Fsp3) is 0.600. The van der Waals surface area contributed by atoms with Crippen LogP contribution in [0.3, 0.4) is 0 Å². The number of rotatable bonds is 7. The van der Waals surface area contributed by atoms with E-state index >= 15 is 0 Å². The zero-order valence-electron chi connectivity index (χ0n) is 9.37. The topological polar surface area (TPSA) is 73.1 Å². The van der Waals surface area contributed by atoms with Gasteiger partial charge in [-0.1, -0.05) is 24.9 Å². The van der Waals surface area contributed by atoms with Crippen LogP contribution in [0.2, 0.25) is 5.02 Å². The van der Waals surface area contributed by atoms with Crippen molar-refractivity contribution in [3.05, 3.63) is 11.2 Å². The van der Waals surface area contributed by atoms with Gasteiger partial charge in [0.2, 0.25) is 5.95 Å². The molecule has 0 unspecified atom stereocenters. The van der Waals surface area contributed by atoms with Gasteiger partial charge in [0.05, 0.1) is 12.8 Å². The summed E-state index contributed by atoms with van der Waals surface area (Å²) in [4.78, 5) is 7.75. The molecule has 1 rings (SSSR count). The van der Waals surface area contributed by atoms with E-state index in [0.29, 0.717) is 24.0 Å². The van der Waals surface area contributed by atoms with Gasteiger partial charge in [-0.05, 0) is 6.42 Å². The van der Waals surface area contributed by atoms with Crippen molar-refractivity contribution >= 4 is 23.4 Å². The SMILES string of the molecule is CCCCOCCNc1nc(N)ncc1Cl. The Morgan fingerprint density at radius 1 is 1.50 bits per heavy atom.